The van der Waals surface area contributed by atoms with Gasteiger partial charge in [-0.3, -0.25) is 4.79 Å². The molecule has 2 atom stereocenters. The highest BCUT2D eigenvalue weighted by molar-refractivity contribution is 5.77. The fourth-order valence-electron chi connectivity index (χ4n) is 3.17. The van der Waals surface area contributed by atoms with Crippen molar-refractivity contribution >= 4 is 5.97 Å². The van der Waals surface area contributed by atoms with Crippen LogP contribution in [0.4, 0.5) is 0 Å². The molecular formula is C21H35NO5. The first kappa shape index (κ1) is 23.1. The maximum atomic E-state index is 11.4. The number of carboxylic acid groups (broad SMARTS) is 1. The molecule has 1 aromatic rings. The van der Waals surface area contributed by atoms with Crippen molar-refractivity contribution in [1.82, 2.24) is 0 Å². The summed E-state index contributed by atoms with van der Waals surface area (Å²) in [6.07, 6.45) is 2.79. The topological polar surface area (TPSA) is 91.0 Å². The van der Waals surface area contributed by atoms with Gasteiger partial charge in [0.25, 0.3) is 0 Å². The molecule has 1 aromatic carbocycles. The van der Waals surface area contributed by atoms with Crippen LogP contribution in [0.3, 0.4) is 0 Å². The summed E-state index contributed by atoms with van der Waals surface area (Å²) in [4.78, 5) is 11.4. The maximum Gasteiger partial charge on any atom is 0.323 e. The van der Waals surface area contributed by atoms with Crippen molar-refractivity contribution in [2.75, 3.05) is 19.8 Å². The number of benzene rings is 1. The smallest absolute Gasteiger partial charge is 0.323 e. The van der Waals surface area contributed by atoms with Crippen LogP contribution in [0.2, 0.25) is 0 Å². The van der Waals surface area contributed by atoms with Gasteiger partial charge in [-0.15, -0.1) is 0 Å². The molecule has 0 saturated carbocycles. The Hall–Kier alpha value is -1.95. The van der Waals surface area contributed by atoms with Gasteiger partial charge in [-0.05, 0) is 65.0 Å². The molecule has 0 aliphatic carbocycles. The second kappa shape index (κ2) is 11.0. The minimum absolute atomic E-state index is 0.191. The van der Waals surface area contributed by atoms with Crippen molar-refractivity contribution in [3.63, 3.8) is 0 Å². The number of ether oxygens (including phenoxy) is 3. The normalized spacial score (nSPS) is 14.3. The molecule has 0 bridgehead atoms. The van der Waals surface area contributed by atoms with Gasteiger partial charge in [0, 0.05) is 5.56 Å². The van der Waals surface area contributed by atoms with Crippen LogP contribution in [0.25, 0.3) is 0 Å². The van der Waals surface area contributed by atoms with Gasteiger partial charge in [0.15, 0.2) is 11.5 Å². The summed E-state index contributed by atoms with van der Waals surface area (Å²) in [5.74, 6) is 1.43. The van der Waals surface area contributed by atoms with Crippen molar-refractivity contribution in [2.45, 2.75) is 65.8 Å². The van der Waals surface area contributed by atoms with Crippen molar-refractivity contribution in [3.05, 3.63) is 17.7 Å². The molecule has 0 aromatic heterocycles. The van der Waals surface area contributed by atoms with Crippen LogP contribution in [0, 0.1) is 5.92 Å². The maximum absolute atomic E-state index is 11.4. The van der Waals surface area contributed by atoms with Crippen LogP contribution < -0.4 is 19.9 Å². The summed E-state index contributed by atoms with van der Waals surface area (Å²) in [7, 11) is 0. The van der Waals surface area contributed by atoms with Crippen LogP contribution in [0.5, 0.6) is 17.2 Å². The van der Waals surface area contributed by atoms with Gasteiger partial charge in [-0.25, -0.2) is 0 Å². The number of nitrogens with two attached hydrogens (primary N) is 1. The molecule has 0 fully saturated rings. The lowest BCUT2D eigenvalue weighted by molar-refractivity contribution is -0.143. The first-order valence-corrected chi connectivity index (χ1v) is 9.87. The summed E-state index contributed by atoms with van der Waals surface area (Å²) < 4.78 is 17.4. The Labute approximate surface area is 163 Å². The van der Waals surface area contributed by atoms with Crippen molar-refractivity contribution in [1.29, 1.82) is 0 Å². The summed E-state index contributed by atoms with van der Waals surface area (Å²) in [5, 5.41) is 9.31. The summed E-state index contributed by atoms with van der Waals surface area (Å²) in [5.41, 5.74) is 5.70. The van der Waals surface area contributed by atoms with E-state index in [-0.39, 0.29) is 5.92 Å². The molecule has 0 heterocycles. The van der Waals surface area contributed by atoms with E-state index < -0.39 is 11.5 Å². The van der Waals surface area contributed by atoms with E-state index >= 15 is 0 Å². The first-order chi connectivity index (χ1) is 12.8. The van der Waals surface area contributed by atoms with Crippen LogP contribution >= 0.6 is 0 Å². The number of hydrogen-bond acceptors (Lipinski definition) is 5. The monoisotopic (exact) mass is 381 g/mol. The van der Waals surface area contributed by atoms with Crippen molar-refractivity contribution < 1.29 is 24.1 Å². The zero-order valence-corrected chi connectivity index (χ0v) is 17.3. The Bertz CT molecular complexity index is 600. The van der Waals surface area contributed by atoms with Gasteiger partial charge in [0.05, 0.1) is 19.8 Å². The van der Waals surface area contributed by atoms with E-state index in [4.69, 9.17) is 19.9 Å². The zero-order valence-electron chi connectivity index (χ0n) is 17.3. The van der Waals surface area contributed by atoms with Gasteiger partial charge in [0.2, 0.25) is 0 Å². The molecule has 0 spiro atoms. The largest absolute Gasteiger partial charge is 0.493 e. The molecule has 2 unspecified atom stereocenters. The fourth-order valence-corrected chi connectivity index (χ4v) is 3.17. The molecule has 1 rings (SSSR count). The molecule has 0 aliphatic heterocycles. The highest BCUT2D eigenvalue weighted by Crippen LogP contribution is 2.39. The number of aliphatic carboxylic acids is 1. The Kier molecular flexibility index (Phi) is 9.43. The third-order valence-corrected chi connectivity index (χ3v) is 4.65. The fraction of sp³-hybridized carbons (Fsp3) is 0.667. The van der Waals surface area contributed by atoms with E-state index in [0.29, 0.717) is 44.2 Å². The van der Waals surface area contributed by atoms with Crippen LogP contribution in [-0.4, -0.2) is 36.4 Å². The lowest BCUT2D eigenvalue weighted by Gasteiger charge is -2.26. The Morgan fingerprint density at radius 1 is 1.07 bits per heavy atom. The van der Waals surface area contributed by atoms with E-state index in [9.17, 15) is 9.90 Å². The van der Waals surface area contributed by atoms with Crippen molar-refractivity contribution in [3.8, 4) is 17.2 Å². The van der Waals surface area contributed by atoms with E-state index in [1.165, 1.54) is 0 Å². The molecule has 154 valence electrons. The number of carbonyl (C=O) groups is 1. The molecule has 6 heteroatoms. The third-order valence-electron chi connectivity index (χ3n) is 4.65. The molecule has 0 saturated heterocycles. The van der Waals surface area contributed by atoms with Crippen LogP contribution in [0.1, 0.15) is 59.4 Å². The van der Waals surface area contributed by atoms with Gasteiger partial charge in [-0.1, -0.05) is 13.3 Å². The SMILES string of the molecule is CCOc1ccc(OCC)c(OCC)c1CCC(CC)CC(C)(N)C(=O)O. The lowest BCUT2D eigenvalue weighted by Crippen LogP contribution is -2.46. The Morgan fingerprint density at radius 2 is 1.63 bits per heavy atom. The molecule has 0 aliphatic rings. The quantitative estimate of drug-likeness (QED) is 0.536. The minimum Gasteiger partial charge on any atom is -0.493 e. The van der Waals surface area contributed by atoms with E-state index in [1.54, 1.807) is 6.92 Å². The standard InChI is InChI=1S/C21H35NO5/c1-6-15(14-21(5,22)20(23)24)10-11-16-17(25-7-2)12-13-18(26-8-3)19(16)27-9-4/h12-13,15H,6-11,14,22H2,1-5H3,(H,23,24). The number of carboxylic acids is 1. The second-order valence-electron chi connectivity index (χ2n) is 6.91. The molecule has 6 nitrogen and oxygen atoms in total. The Balaban J connectivity index is 3.10. The van der Waals surface area contributed by atoms with E-state index in [0.717, 1.165) is 24.2 Å². The Morgan fingerprint density at radius 3 is 2.15 bits per heavy atom. The molecule has 0 radical (unpaired) electrons. The first-order valence-electron chi connectivity index (χ1n) is 9.87. The zero-order chi connectivity index (χ0) is 20.4. The van der Waals surface area contributed by atoms with Gasteiger partial charge in [0.1, 0.15) is 11.3 Å². The number of rotatable bonds is 13. The average Bonchev–Trinajstić information content (AvgIpc) is 2.62. The molecule has 27 heavy (non-hydrogen) atoms. The summed E-state index contributed by atoms with van der Waals surface area (Å²) in [6.45, 7) is 11.1. The molecule has 3 N–H and O–H groups in total. The summed E-state index contributed by atoms with van der Waals surface area (Å²) >= 11 is 0. The van der Waals surface area contributed by atoms with E-state index in [2.05, 4.69) is 6.92 Å². The highest BCUT2D eigenvalue weighted by atomic mass is 16.5. The van der Waals surface area contributed by atoms with Gasteiger partial charge < -0.3 is 25.1 Å². The van der Waals surface area contributed by atoms with Gasteiger partial charge >= 0.3 is 5.97 Å². The van der Waals surface area contributed by atoms with Crippen molar-refractivity contribution in [2.24, 2.45) is 11.7 Å². The van der Waals surface area contributed by atoms with Crippen LogP contribution in [0.15, 0.2) is 12.1 Å². The van der Waals surface area contributed by atoms with E-state index in [1.807, 2.05) is 32.9 Å². The lowest BCUT2D eigenvalue weighted by atomic mass is 9.84. The third kappa shape index (κ3) is 6.61. The second-order valence-corrected chi connectivity index (χ2v) is 6.91. The predicted octanol–water partition coefficient (Wildman–Crippen LogP) is 4.03. The average molecular weight is 382 g/mol. The van der Waals surface area contributed by atoms with Gasteiger partial charge in [-0.2, -0.15) is 0 Å². The highest BCUT2D eigenvalue weighted by Gasteiger charge is 2.31. The number of hydrogen-bond donors (Lipinski definition) is 2. The molecular weight excluding hydrogens is 346 g/mol. The molecule has 0 amide bonds. The minimum atomic E-state index is -1.22. The van der Waals surface area contributed by atoms with Crippen LogP contribution in [-0.2, 0) is 11.2 Å². The summed E-state index contributed by atoms with van der Waals surface area (Å²) in [6, 6.07) is 3.79. The predicted molar refractivity (Wildman–Crippen MR) is 107 cm³/mol.